The van der Waals surface area contributed by atoms with Crippen molar-refractivity contribution in [2.75, 3.05) is 59.5 Å². The average Bonchev–Trinajstić information content (AvgIpc) is 0.776. The molecule has 0 aromatic heterocycles. The first-order chi connectivity index (χ1) is 44.6. The van der Waals surface area contributed by atoms with Crippen molar-refractivity contribution in [3.63, 3.8) is 0 Å². The summed E-state index contributed by atoms with van der Waals surface area (Å²) in [6, 6.07) is -2.94. The molecule has 0 radical (unpaired) electrons. The molecule has 8 heterocycles. The summed E-state index contributed by atoms with van der Waals surface area (Å²) in [6.45, 7) is -6.37. The molecule has 546 valence electrons. The van der Waals surface area contributed by atoms with Crippen LogP contribution < -0.4 is 10.6 Å². The van der Waals surface area contributed by atoms with Crippen LogP contribution in [-0.4, -0.2) is 428 Å². The second-order valence-electron chi connectivity index (χ2n) is 23.8. The zero-order valence-corrected chi connectivity index (χ0v) is 50.1. The Labute approximate surface area is 532 Å². The Hall–Kier alpha value is -2.58. The molecule has 8 saturated heterocycles. The van der Waals surface area contributed by atoms with Crippen molar-refractivity contribution in [2.45, 2.75) is 253 Å². The first kappa shape index (κ1) is 77.2. The Morgan fingerprint density at radius 1 is 0.309 bits per heavy atom. The van der Waals surface area contributed by atoms with Crippen LogP contribution in [0.3, 0.4) is 0 Å². The number of hydrogen-bond donors (Lipinski definition) is 25. The summed E-state index contributed by atoms with van der Waals surface area (Å²) in [5, 5.41) is 256. The van der Waals surface area contributed by atoms with Gasteiger partial charge >= 0.3 is 0 Å². The summed E-state index contributed by atoms with van der Waals surface area (Å²) in [4.78, 5) is 24.8. The third-order valence-electron chi connectivity index (χ3n) is 17.4. The third-order valence-corrected chi connectivity index (χ3v) is 17.4. The molecule has 8 aliphatic rings. The lowest BCUT2D eigenvalue weighted by Gasteiger charge is -2.51. The quantitative estimate of drug-likeness (QED) is 0.0427. The lowest BCUT2D eigenvalue weighted by Crippen LogP contribution is -2.70. The van der Waals surface area contributed by atoms with Gasteiger partial charge in [0.2, 0.25) is 11.8 Å². The van der Waals surface area contributed by atoms with Gasteiger partial charge in [-0.2, -0.15) is 0 Å². The van der Waals surface area contributed by atoms with Crippen molar-refractivity contribution >= 4 is 11.8 Å². The second-order valence-corrected chi connectivity index (χ2v) is 23.8. The molecule has 25 N–H and O–H groups in total. The van der Waals surface area contributed by atoms with Crippen LogP contribution in [0.15, 0.2) is 0 Å². The predicted octanol–water partition coefficient (Wildman–Crippen LogP) is -17.5. The van der Waals surface area contributed by atoms with Crippen LogP contribution in [0.2, 0.25) is 0 Å². The van der Waals surface area contributed by atoms with Crippen molar-refractivity contribution in [2.24, 2.45) is 0 Å². The van der Waals surface area contributed by atoms with Crippen LogP contribution in [0.5, 0.6) is 0 Å². The second kappa shape index (κ2) is 33.7. The van der Waals surface area contributed by atoms with Gasteiger partial charge in [0.05, 0.1) is 65.5 Å². The largest absolute Gasteiger partial charge is 0.394 e. The van der Waals surface area contributed by atoms with Crippen molar-refractivity contribution < 1.29 is 198 Å². The van der Waals surface area contributed by atoms with E-state index in [0.717, 1.165) is 13.8 Å². The fourth-order valence-corrected chi connectivity index (χ4v) is 12.1. The normalized spacial score (nSPS) is 50.4. The highest BCUT2D eigenvalue weighted by molar-refractivity contribution is 5.73. The summed E-state index contributed by atoms with van der Waals surface area (Å²) in [6.07, 6.45) is -75.2. The summed E-state index contributed by atoms with van der Waals surface area (Å²) in [7, 11) is 0. The van der Waals surface area contributed by atoms with Crippen LogP contribution in [0.1, 0.15) is 13.8 Å². The molecule has 8 fully saturated rings. The van der Waals surface area contributed by atoms with E-state index in [2.05, 4.69) is 10.6 Å². The molecule has 8 rings (SSSR count). The Balaban J connectivity index is 1.12. The van der Waals surface area contributed by atoms with Gasteiger partial charge < -0.3 is 199 Å². The maximum Gasteiger partial charge on any atom is 0.217 e. The number of amides is 2. The van der Waals surface area contributed by atoms with Crippen LogP contribution in [-0.2, 0) is 80.6 Å². The maximum atomic E-state index is 12.8. The molecule has 42 heteroatoms. The minimum absolute atomic E-state index is 0.315. The minimum atomic E-state index is -2.48. The molecule has 0 saturated carbocycles. The van der Waals surface area contributed by atoms with E-state index in [4.69, 9.17) is 71.1 Å². The fourth-order valence-electron chi connectivity index (χ4n) is 12.1. The Kier molecular flexibility index (Phi) is 27.7. The SMILES string of the molecule is CC(=O)N[C@H]1[C@H](O[C@H]2[C@H](O)[C@@H](NC(C)=O)CO[C@@H]2CO)O[C@H](CO)[C@@H](O[C@@H]2O[C@H](CO[C@H]3O[C@H](CO)[C@@H](O)[C@H](O[C@H]4O[C@H](CO)[C@@H](O)[C@H](O)[C@@H]4O)[C@@H]3O)[C@@H](O)[C@H](O[C@H]3O[C@H](CO)[C@@H](O)[C@H](O)[C@@H]3O[C@H]3O[C@H](CO)[C@@H](O)[C@H](O)[C@@H]3O[C@H]3O[C@H](CO)[C@@H](O)[C@H](O)[C@@H]3O)[C@@H]2O)[C@@H]1O. The molecule has 0 aromatic carbocycles. The topological polar surface area (TPSA) is 662 Å². The highest BCUT2D eigenvalue weighted by Crippen LogP contribution is 2.39. The Morgan fingerprint density at radius 3 is 1.11 bits per heavy atom. The van der Waals surface area contributed by atoms with E-state index in [1.165, 1.54) is 0 Å². The van der Waals surface area contributed by atoms with Gasteiger partial charge in [-0.25, -0.2) is 0 Å². The number of hydrogen-bond acceptors (Lipinski definition) is 40. The molecule has 0 spiro atoms. The van der Waals surface area contributed by atoms with Crippen molar-refractivity contribution in [1.29, 1.82) is 0 Å². The number of ether oxygens (including phenoxy) is 15. The molecular formula is C52H88N2O40. The number of aliphatic hydroxyl groups excluding tert-OH is 23. The van der Waals surface area contributed by atoms with Gasteiger partial charge in [-0.1, -0.05) is 0 Å². The van der Waals surface area contributed by atoms with Crippen molar-refractivity contribution in [3.05, 3.63) is 0 Å². The number of rotatable bonds is 24. The minimum Gasteiger partial charge on any atom is -0.394 e. The van der Waals surface area contributed by atoms with E-state index in [0.29, 0.717) is 0 Å². The van der Waals surface area contributed by atoms with Gasteiger partial charge in [-0.05, 0) is 0 Å². The van der Waals surface area contributed by atoms with E-state index in [1.807, 2.05) is 0 Å². The number of carbonyl (C=O) groups is 2. The summed E-state index contributed by atoms with van der Waals surface area (Å²) < 4.78 is 87.3. The molecule has 8 aliphatic heterocycles. The molecular weight excluding hydrogens is 1290 g/mol. The number of carbonyl (C=O) groups excluding carboxylic acids is 2. The monoisotopic (exact) mass is 1380 g/mol. The van der Waals surface area contributed by atoms with E-state index in [-0.39, 0.29) is 6.61 Å². The molecule has 39 atom stereocenters. The van der Waals surface area contributed by atoms with Gasteiger partial charge in [-0.3, -0.25) is 9.59 Å². The van der Waals surface area contributed by atoms with Gasteiger partial charge in [0, 0.05) is 13.8 Å². The van der Waals surface area contributed by atoms with E-state index < -0.39 is 304 Å². The van der Waals surface area contributed by atoms with Gasteiger partial charge in [-0.15, -0.1) is 0 Å². The van der Waals surface area contributed by atoms with E-state index in [9.17, 15) is 127 Å². The molecule has 0 aromatic rings. The molecule has 0 bridgehead atoms. The molecule has 2 amide bonds. The van der Waals surface area contributed by atoms with E-state index in [1.54, 1.807) is 0 Å². The van der Waals surface area contributed by atoms with Gasteiger partial charge in [0.15, 0.2) is 44.0 Å². The zero-order valence-electron chi connectivity index (χ0n) is 50.1. The molecule has 0 unspecified atom stereocenters. The molecule has 0 aliphatic carbocycles. The highest BCUT2D eigenvalue weighted by atomic mass is 16.8. The van der Waals surface area contributed by atoms with Crippen LogP contribution in [0, 0.1) is 0 Å². The first-order valence-corrected chi connectivity index (χ1v) is 30.0. The summed E-state index contributed by atoms with van der Waals surface area (Å²) >= 11 is 0. The number of nitrogens with one attached hydrogen (secondary N) is 2. The summed E-state index contributed by atoms with van der Waals surface area (Å²) in [5.74, 6) is -1.47. The maximum absolute atomic E-state index is 12.8. The van der Waals surface area contributed by atoms with Crippen LogP contribution in [0.25, 0.3) is 0 Å². The highest BCUT2D eigenvalue weighted by Gasteiger charge is 2.59. The first-order valence-electron chi connectivity index (χ1n) is 30.0. The lowest BCUT2D eigenvalue weighted by molar-refractivity contribution is -0.407. The molecule has 42 nitrogen and oxygen atoms in total. The average molecular weight is 1380 g/mol. The van der Waals surface area contributed by atoms with Gasteiger partial charge in [0.25, 0.3) is 0 Å². The van der Waals surface area contributed by atoms with Crippen LogP contribution >= 0.6 is 0 Å². The predicted molar refractivity (Wildman–Crippen MR) is 286 cm³/mol. The Bertz CT molecular complexity index is 2350. The fraction of sp³-hybridized carbons (Fsp3) is 0.962. The van der Waals surface area contributed by atoms with Crippen LogP contribution in [0.4, 0.5) is 0 Å². The smallest absolute Gasteiger partial charge is 0.217 e. The third kappa shape index (κ3) is 16.6. The zero-order chi connectivity index (χ0) is 69.1. The number of aliphatic hydroxyl groups is 23. The van der Waals surface area contributed by atoms with Crippen molar-refractivity contribution in [3.8, 4) is 0 Å². The standard InChI is InChI=1S/C52H88N2O40/c1-12(62)53-14-10-80-20(8-60)40(24(14)64)89-46-23(54-13(2)63)31(71)41(21(9-61)87-46)90-50-39(79)43(30(70)22(88-50)11-81-47-38(78)42(29(69)19(7-59)82-47)91-48-36(76)32(72)25(65)15(3-55)83-48)92-51-45(35(75)28(68)17(5-57)85-51)94-52-44(34(74)27(67)18(6-58)86-52)93-49-37(77)33(73)26(66)16(4-56)84-49/h14-52,55-61,64-79H,3-11H2,1-2H3,(H,53,62)(H,54,63)/t14-,15+,16+,17+,18+,19+,20+,21+,22+,23+,24+,25+,26+,27+,28+,29+,30+,31+,32-,33-,34-,35-,36-,37-,38-,39-,40+,41+,42-,43-,44-,45-,46-,47-,48+,49+,50-,51+,52+/m0/s1. The van der Waals surface area contributed by atoms with E-state index >= 15 is 0 Å². The summed E-state index contributed by atoms with van der Waals surface area (Å²) in [5.41, 5.74) is 0. The van der Waals surface area contributed by atoms with Crippen molar-refractivity contribution in [1.82, 2.24) is 10.6 Å². The Morgan fingerprint density at radius 2 is 0.638 bits per heavy atom. The molecule has 94 heavy (non-hydrogen) atoms. The van der Waals surface area contributed by atoms with Gasteiger partial charge in [0.1, 0.15) is 189 Å². The lowest BCUT2D eigenvalue weighted by atomic mass is 9.94.